The summed E-state index contributed by atoms with van der Waals surface area (Å²) in [5, 5.41) is 32.7. The van der Waals surface area contributed by atoms with E-state index in [1.54, 1.807) is 0 Å². The lowest BCUT2D eigenvalue weighted by molar-refractivity contribution is -0.385. The molecule has 8 nitrogen and oxygen atoms in total. The van der Waals surface area contributed by atoms with E-state index in [4.69, 9.17) is 10.00 Å². The number of nitro groups is 1. The standard InChI is InChI=1S/C25H19N3O5/c26-14-16-12-17(24(29)23(13-16)28(31)32)6-5-11-27-25(30)33-15-22-20-9-3-1-7-18(20)19-8-2-4-10-21(19)22/h1-10,12-13,22,29H,11,15H2,(H,27,30). The lowest BCUT2D eigenvalue weighted by Gasteiger charge is -2.14. The second-order valence-electron chi connectivity index (χ2n) is 7.41. The number of ether oxygens (including phenoxy) is 1. The Morgan fingerprint density at radius 2 is 1.79 bits per heavy atom. The zero-order chi connectivity index (χ0) is 23.4. The molecule has 1 aliphatic rings. The summed E-state index contributed by atoms with van der Waals surface area (Å²) < 4.78 is 5.44. The van der Waals surface area contributed by atoms with Gasteiger partial charge < -0.3 is 15.2 Å². The monoisotopic (exact) mass is 441 g/mol. The molecule has 0 atom stereocenters. The van der Waals surface area contributed by atoms with E-state index in [2.05, 4.69) is 17.4 Å². The van der Waals surface area contributed by atoms with Gasteiger partial charge in [0, 0.05) is 24.1 Å². The summed E-state index contributed by atoms with van der Waals surface area (Å²) in [6, 6.07) is 20.2. The van der Waals surface area contributed by atoms with Crippen molar-refractivity contribution < 1.29 is 19.6 Å². The van der Waals surface area contributed by atoms with Gasteiger partial charge in [-0.05, 0) is 28.3 Å². The number of nitrogens with zero attached hydrogens (tertiary/aromatic N) is 2. The first kappa shape index (κ1) is 21.6. The molecular formula is C25H19N3O5. The SMILES string of the molecule is N#Cc1cc(C=CCNC(=O)OCC2c3ccccc3-c3ccccc32)c(O)c([N+](=O)[O-])c1. The molecule has 0 spiro atoms. The number of benzene rings is 3. The first-order chi connectivity index (χ1) is 16.0. The molecule has 0 bridgehead atoms. The fourth-order valence-corrected chi connectivity index (χ4v) is 3.95. The number of carbonyl (C=O) groups excluding carboxylic acids is 1. The Morgan fingerprint density at radius 1 is 1.15 bits per heavy atom. The van der Waals surface area contributed by atoms with Gasteiger partial charge in [-0.3, -0.25) is 10.1 Å². The molecule has 0 saturated carbocycles. The van der Waals surface area contributed by atoms with Gasteiger partial charge in [-0.25, -0.2) is 4.79 Å². The van der Waals surface area contributed by atoms with E-state index in [-0.39, 0.29) is 30.2 Å². The van der Waals surface area contributed by atoms with Crippen LogP contribution in [0.2, 0.25) is 0 Å². The lowest BCUT2D eigenvalue weighted by Crippen LogP contribution is -2.26. The van der Waals surface area contributed by atoms with Crippen LogP contribution in [0.25, 0.3) is 17.2 Å². The highest BCUT2D eigenvalue weighted by Gasteiger charge is 2.28. The van der Waals surface area contributed by atoms with E-state index in [9.17, 15) is 20.0 Å². The van der Waals surface area contributed by atoms with Crippen molar-refractivity contribution in [1.29, 1.82) is 5.26 Å². The summed E-state index contributed by atoms with van der Waals surface area (Å²) in [5.41, 5.74) is 4.09. The smallest absolute Gasteiger partial charge is 0.407 e. The number of fused-ring (bicyclic) bond motifs is 3. The van der Waals surface area contributed by atoms with Gasteiger partial charge in [0.05, 0.1) is 16.6 Å². The number of nitrogens with one attached hydrogen (secondary N) is 1. The van der Waals surface area contributed by atoms with Crippen LogP contribution < -0.4 is 5.32 Å². The van der Waals surface area contributed by atoms with Crippen molar-refractivity contribution in [3.05, 3.63) is 99.1 Å². The second-order valence-corrected chi connectivity index (χ2v) is 7.41. The zero-order valence-corrected chi connectivity index (χ0v) is 17.4. The topological polar surface area (TPSA) is 125 Å². The number of hydrogen-bond acceptors (Lipinski definition) is 6. The summed E-state index contributed by atoms with van der Waals surface area (Å²) in [6.07, 6.45) is 2.29. The number of nitro benzene ring substituents is 1. The predicted octanol–water partition coefficient (Wildman–Crippen LogP) is 4.72. The highest BCUT2D eigenvalue weighted by molar-refractivity contribution is 5.79. The van der Waals surface area contributed by atoms with Crippen molar-refractivity contribution in [2.75, 3.05) is 13.2 Å². The quantitative estimate of drug-likeness (QED) is 0.421. The van der Waals surface area contributed by atoms with Gasteiger partial charge in [0.2, 0.25) is 5.75 Å². The molecule has 33 heavy (non-hydrogen) atoms. The fraction of sp³-hybridized carbons (Fsp3) is 0.120. The molecule has 3 aromatic rings. The number of phenolic OH excluding ortho intramolecular Hbond substituents is 1. The Kier molecular flexibility index (Phi) is 6.04. The Hall–Kier alpha value is -4.64. The molecule has 0 aliphatic heterocycles. The first-order valence-electron chi connectivity index (χ1n) is 10.2. The largest absolute Gasteiger partial charge is 0.502 e. The predicted molar refractivity (Wildman–Crippen MR) is 122 cm³/mol. The molecule has 0 heterocycles. The Bertz CT molecular complexity index is 1260. The highest BCUT2D eigenvalue weighted by atomic mass is 16.6. The highest BCUT2D eigenvalue weighted by Crippen LogP contribution is 2.44. The lowest BCUT2D eigenvalue weighted by atomic mass is 9.98. The second kappa shape index (κ2) is 9.24. The van der Waals surface area contributed by atoms with Gasteiger partial charge >= 0.3 is 11.8 Å². The molecule has 3 aromatic carbocycles. The summed E-state index contributed by atoms with van der Waals surface area (Å²) in [6.45, 7) is 0.251. The fourth-order valence-electron chi connectivity index (χ4n) is 3.95. The van der Waals surface area contributed by atoms with Gasteiger partial charge in [0.15, 0.2) is 0 Å². The minimum absolute atomic E-state index is 0.0450. The molecule has 8 heteroatoms. The van der Waals surface area contributed by atoms with Gasteiger partial charge in [0.25, 0.3) is 0 Å². The van der Waals surface area contributed by atoms with Crippen molar-refractivity contribution in [3.63, 3.8) is 0 Å². The number of phenols is 1. The number of hydrogen-bond donors (Lipinski definition) is 2. The Labute approximate surface area is 189 Å². The maximum absolute atomic E-state index is 12.2. The molecule has 0 saturated heterocycles. The van der Waals surface area contributed by atoms with E-state index in [1.807, 2.05) is 42.5 Å². The van der Waals surface area contributed by atoms with Crippen molar-refractivity contribution in [2.24, 2.45) is 0 Å². The van der Waals surface area contributed by atoms with E-state index >= 15 is 0 Å². The van der Waals surface area contributed by atoms with Gasteiger partial charge in [-0.2, -0.15) is 5.26 Å². The van der Waals surface area contributed by atoms with Gasteiger partial charge in [-0.1, -0.05) is 60.7 Å². The van der Waals surface area contributed by atoms with Crippen LogP contribution in [0.15, 0.2) is 66.7 Å². The number of amides is 1. The number of alkyl carbamates (subject to hydrolysis) is 1. The van der Waals surface area contributed by atoms with E-state index in [1.165, 1.54) is 18.2 Å². The van der Waals surface area contributed by atoms with Gasteiger partial charge in [0.1, 0.15) is 6.61 Å². The summed E-state index contributed by atoms with van der Waals surface area (Å²) in [4.78, 5) is 22.5. The van der Waals surface area contributed by atoms with Crippen LogP contribution >= 0.6 is 0 Å². The average molecular weight is 441 g/mol. The molecule has 0 radical (unpaired) electrons. The van der Waals surface area contributed by atoms with Crippen LogP contribution in [0.5, 0.6) is 5.75 Å². The normalized spacial score (nSPS) is 12.1. The molecule has 2 N–H and O–H groups in total. The molecule has 0 unspecified atom stereocenters. The van der Waals surface area contributed by atoms with Gasteiger partial charge in [-0.15, -0.1) is 0 Å². The van der Waals surface area contributed by atoms with Crippen molar-refractivity contribution in [1.82, 2.24) is 5.32 Å². The number of nitriles is 1. The van der Waals surface area contributed by atoms with Crippen LogP contribution in [0, 0.1) is 21.4 Å². The molecule has 0 aromatic heterocycles. The zero-order valence-electron chi connectivity index (χ0n) is 17.4. The molecule has 164 valence electrons. The van der Waals surface area contributed by atoms with E-state index in [0.717, 1.165) is 28.3 Å². The van der Waals surface area contributed by atoms with Crippen molar-refractivity contribution in [2.45, 2.75) is 5.92 Å². The van der Waals surface area contributed by atoms with E-state index < -0.39 is 22.5 Å². The number of aromatic hydroxyl groups is 1. The first-order valence-corrected chi connectivity index (χ1v) is 10.2. The summed E-state index contributed by atoms with van der Waals surface area (Å²) in [7, 11) is 0. The van der Waals surface area contributed by atoms with Crippen LogP contribution in [0.1, 0.15) is 28.2 Å². The van der Waals surface area contributed by atoms with E-state index in [0.29, 0.717) is 0 Å². The van der Waals surface area contributed by atoms with Crippen LogP contribution in [0.3, 0.4) is 0 Å². The van der Waals surface area contributed by atoms with Crippen LogP contribution in [-0.4, -0.2) is 29.3 Å². The average Bonchev–Trinajstić information content (AvgIpc) is 3.15. The molecule has 4 rings (SSSR count). The Balaban J connectivity index is 1.37. The maximum atomic E-state index is 12.2. The third-order valence-corrected chi connectivity index (χ3v) is 5.45. The number of rotatable bonds is 6. The van der Waals surface area contributed by atoms with Crippen molar-refractivity contribution in [3.8, 4) is 22.9 Å². The third kappa shape index (κ3) is 4.38. The van der Waals surface area contributed by atoms with Crippen molar-refractivity contribution >= 4 is 17.9 Å². The summed E-state index contributed by atoms with van der Waals surface area (Å²) >= 11 is 0. The molecular weight excluding hydrogens is 422 g/mol. The maximum Gasteiger partial charge on any atom is 0.407 e. The van der Waals surface area contributed by atoms with Crippen LogP contribution in [-0.2, 0) is 4.74 Å². The number of carbonyl (C=O) groups is 1. The minimum atomic E-state index is -0.761. The van der Waals surface area contributed by atoms with Crippen LogP contribution in [0.4, 0.5) is 10.5 Å². The molecule has 1 aliphatic carbocycles. The molecule has 0 fully saturated rings. The minimum Gasteiger partial charge on any atom is -0.502 e. The Morgan fingerprint density at radius 3 is 2.39 bits per heavy atom. The molecule has 1 amide bonds. The third-order valence-electron chi connectivity index (χ3n) is 5.45. The summed E-state index contributed by atoms with van der Waals surface area (Å²) in [5.74, 6) is -0.596.